The minimum atomic E-state index is 0.404. The molecule has 16 heavy (non-hydrogen) atoms. The van der Waals surface area contributed by atoms with Crippen LogP contribution >= 0.6 is 0 Å². The molecule has 0 saturated carbocycles. The highest BCUT2D eigenvalue weighted by Crippen LogP contribution is 2.28. The molecule has 90 valence electrons. The van der Waals surface area contributed by atoms with Crippen molar-refractivity contribution in [1.29, 1.82) is 0 Å². The highest BCUT2D eigenvalue weighted by Gasteiger charge is 2.09. The summed E-state index contributed by atoms with van der Waals surface area (Å²) in [6, 6.07) is 4.43. The number of rotatable bonds is 4. The Kier molecular flexibility index (Phi) is 4.22. The first-order chi connectivity index (χ1) is 7.41. The first-order valence-corrected chi connectivity index (χ1v) is 5.97. The molecule has 2 nitrogen and oxygen atoms in total. The lowest BCUT2D eigenvalue weighted by atomic mass is 10.0. The monoisotopic (exact) mass is 221 g/mol. The Morgan fingerprint density at radius 2 is 1.81 bits per heavy atom. The topological polar surface area (TPSA) is 32.3 Å². The normalized spacial score (nSPS) is 12.9. The second-order valence-electron chi connectivity index (χ2n) is 5.08. The molecule has 0 bridgehead atoms. The Morgan fingerprint density at radius 3 is 2.38 bits per heavy atom. The van der Waals surface area contributed by atoms with Gasteiger partial charge in [-0.25, -0.2) is 0 Å². The van der Waals surface area contributed by atoms with Crippen LogP contribution in [0.2, 0.25) is 0 Å². The van der Waals surface area contributed by atoms with Crippen LogP contribution in [0.25, 0.3) is 0 Å². The number of nitrogens with one attached hydrogen (secondary N) is 1. The third kappa shape index (κ3) is 3.16. The van der Waals surface area contributed by atoms with E-state index in [4.69, 9.17) is 0 Å². The molecule has 2 N–H and O–H groups in total. The van der Waals surface area contributed by atoms with Crippen molar-refractivity contribution in [2.45, 2.75) is 47.1 Å². The van der Waals surface area contributed by atoms with Crippen molar-refractivity contribution in [3.63, 3.8) is 0 Å². The molecule has 0 saturated heterocycles. The SMILES string of the molecule is Cc1ccc(NC(C)CC(C)C)c(C)c1O. The predicted octanol–water partition coefficient (Wildman–Crippen LogP) is 3.86. The minimum absolute atomic E-state index is 0.404. The van der Waals surface area contributed by atoms with Crippen molar-refractivity contribution in [1.82, 2.24) is 0 Å². The molecule has 0 amide bonds. The van der Waals surface area contributed by atoms with E-state index >= 15 is 0 Å². The van der Waals surface area contributed by atoms with E-state index in [0.717, 1.165) is 23.2 Å². The fourth-order valence-electron chi connectivity index (χ4n) is 2.02. The van der Waals surface area contributed by atoms with Gasteiger partial charge in [-0.1, -0.05) is 19.9 Å². The van der Waals surface area contributed by atoms with Gasteiger partial charge in [0, 0.05) is 17.3 Å². The van der Waals surface area contributed by atoms with Crippen LogP contribution in [0.1, 0.15) is 38.3 Å². The molecule has 1 atom stereocenters. The van der Waals surface area contributed by atoms with Crippen molar-refractivity contribution in [2.75, 3.05) is 5.32 Å². The molecule has 1 unspecified atom stereocenters. The second kappa shape index (κ2) is 5.24. The Balaban J connectivity index is 2.78. The smallest absolute Gasteiger partial charge is 0.123 e. The van der Waals surface area contributed by atoms with Crippen LogP contribution in [0.4, 0.5) is 5.69 Å². The molecule has 1 rings (SSSR count). The van der Waals surface area contributed by atoms with E-state index in [-0.39, 0.29) is 0 Å². The summed E-state index contributed by atoms with van der Waals surface area (Å²) in [5, 5.41) is 13.3. The lowest BCUT2D eigenvalue weighted by molar-refractivity contribution is 0.467. The van der Waals surface area contributed by atoms with Crippen molar-refractivity contribution < 1.29 is 5.11 Å². The zero-order valence-corrected chi connectivity index (χ0v) is 11.0. The quantitative estimate of drug-likeness (QED) is 0.809. The van der Waals surface area contributed by atoms with E-state index in [0.29, 0.717) is 17.7 Å². The number of hydrogen-bond donors (Lipinski definition) is 2. The zero-order valence-electron chi connectivity index (χ0n) is 11.0. The van der Waals surface area contributed by atoms with Crippen LogP contribution in [-0.4, -0.2) is 11.1 Å². The van der Waals surface area contributed by atoms with Crippen LogP contribution in [0, 0.1) is 19.8 Å². The maximum absolute atomic E-state index is 9.84. The van der Waals surface area contributed by atoms with Gasteiger partial charge in [-0.15, -0.1) is 0 Å². The maximum Gasteiger partial charge on any atom is 0.123 e. The number of phenolic OH excluding ortho intramolecular Hbond substituents is 1. The Bertz CT molecular complexity index is 358. The van der Waals surface area contributed by atoms with Crippen molar-refractivity contribution in [2.24, 2.45) is 5.92 Å². The fourth-order valence-corrected chi connectivity index (χ4v) is 2.02. The van der Waals surface area contributed by atoms with Crippen LogP contribution < -0.4 is 5.32 Å². The van der Waals surface area contributed by atoms with Crippen LogP contribution in [0.15, 0.2) is 12.1 Å². The van der Waals surface area contributed by atoms with E-state index in [1.807, 2.05) is 26.0 Å². The number of benzene rings is 1. The predicted molar refractivity (Wildman–Crippen MR) is 70.1 cm³/mol. The lowest BCUT2D eigenvalue weighted by Gasteiger charge is -2.19. The highest BCUT2D eigenvalue weighted by atomic mass is 16.3. The van der Waals surface area contributed by atoms with Gasteiger partial charge in [0.2, 0.25) is 0 Å². The zero-order chi connectivity index (χ0) is 12.3. The highest BCUT2D eigenvalue weighted by molar-refractivity contribution is 5.59. The number of phenols is 1. The van der Waals surface area contributed by atoms with Gasteiger partial charge in [-0.05, 0) is 44.7 Å². The Labute approximate surface area is 98.7 Å². The summed E-state index contributed by atoms with van der Waals surface area (Å²) in [6.45, 7) is 10.5. The largest absolute Gasteiger partial charge is 0.507 e. The number of aromatic hydroxyl groups is 1. The molecule has 0 radical (unpaired) electrons. The van der Waals surface area contributed by atoms with E-state index in [2.05, 4.69) is 26.1 Å². The molecule has 1 aromatic rings. The third-order valence-corrected chi connectivity index (χ3v) is 2.86. The Morgan fingerprint density at radius 1 is 1.19 bits per heavy atom. The van der Waals surface area contributed by atoms with Crippen molar-refractivity contribution in [3.05, 3.63) is 23.3 Å². The summed E-state index contributed by atoms with van der Waals surface area (Å²) in [4.78, 5) is 0. The van der Waals surface area contributed by atoms with Gasteiger partial charge in [0.15, 0.2) is 0 Å². The summed E-state index contributed by atoms with van der Waals surface area (Å²) in [7, 11) is 0. The second-order valence-corrected chi connectivity index (χ2v) is 5.08. The standard InChI is InChI=1S/C14H23NO/c1-9(2)8-11(4)15-13-7-6-10(3)14(16)12(13)5/h6-7,9,11,15-16H,8H2,1-5H3. The van der Waals surface area contributed by atoms with Gasteiger partial charge < -0.3 is 10.4 Å². The minimum Gasteiger partial charge on any atom is -0.507 e. The van der Waals surface area contributed by atoms with E-state index in [1.54, 1.807) is 0 Å². The molecular formula is C14H23NO. The van der Waals surface area contributed by atoms with E-state index < -0.39 is 0 Å². The molecular weight excluding hydrogens is 198 g/mol. The Hall–Kier alpha value is -1.18. The molecule has 2 heteroatoms. The number of aryl methyl sites for hydroxylation is 1. The molecule has 0 spiro atoms. The molecule has 0 aliphatic carbocycles. The average Bonchev–Trinajstić information content (AvgIpc) is 2.18. The van der Waals surface area contributed by atoms with Gasteiger partial charge >= 0.3 is 0 Å². The fraction of sp³-hybridized carbons (Fsp3) is 0.571. The molecule has 0 heterocycles. The summed E-state index contributed by atoms with van der Waals surface area (Å²) in [6.07, 6.45) is 1.13. The van der Waals surface area contributed by atoms with Gasteiger partial charge in [0.05, 0.1) is 0 Å². The summed E-state index contributed by atoms with van der Waals surface area (Å²) in [5.41, 5.74) is 2.91. The van der Waals surface area contributed by atoms with Crippen molar-refractivity contribution in [3.8, 4) is 5.75 Å². The summed E-state index contributed by atoms with van der Waals surface area (Å²) >= 11 is 0. The molecule has 0 aliphatic rings. The molecule has 0 aliphatic heterocycles. The lowest BCUT2D eigenvalue weighted by Crippen LogP contribution is -2.18. The van der Waals surface area contributed by atoms with Gasteiger partial charge in [-0.2, -0.15) is 0 Å². The van der Waals surface area contributed by atoms with Gasteiger partial charge in [0.25, 0.3) is 0 Å². The number of anilines is 1. The van der Waals surface area contributed by atoms with Crippen molar-refractivity contribution >= 4 is 5.69 Å². The molecule has 0 fully saturated rings. The molecule has 1 aromatic carbocycles. The van der Waals surface area contributed by atoms with Crippen LogP contribution in [0.5, 0.6) is 5.75 Å². The summed E-state index contributed by atoms with van der Waals surface area (Å²) < 4.78 is 0. The maximum atomic E-state index is 9.84. The van der Waals surface area contributed by atoms with Gasteiger partial charge in [0.1, 0.15) is 5.75 Å². The van der Waals surface area contributed by atoms with Crippen LogP contribution in [0.3, 0.4) is 0 Å². The van der Waals surface area contributed by atoms with E-state index in [1.165, 1.54) is 0 Å². The average molecular weight is 221 g/mol. The summed E-state index contributed by atoms with van der Waals surface area (Å²) in [5.74, 6) is 1.09. The van der Waals surface area contributed by atoms with E-state index in [9.17, 15) is 5.11 Å². The first kappa shape index (κ1) is 12.9. The molecule has 0 aromatic heterocycles. The third-order valence-electron chi connectivity index (χ3n) is 2.86. The number of hydrogen-bond acceptors (Lipinski definition) is 2. The van der Waals surface area contributed by atoms with Crippen LogP contribution in [-0.2, 0) is 0 Å². The first-order valence-electron chi connectivity index (χ1n) is 5.97. The van der Waals surface area contributed by atoms with Gasteiger partial charge in [-0.3, -0.25) is 0 Å².